The molecule has 0 saturated heterocycles. The van der Waals surface area contributed by atoms with Crippen molar-refractivity contribution in [1.82, 2.24) is 10.6 Å². The van der Waals surface area contributed by atoms with E-state index in [9.17, 15) is 4.79 Å². The van der Waals surface area contributed by atoms with Gasteiger partial charge in [-0.1, -0.05) is 59.8 Å². The van der Waals surface area contributed by atoms with Gasteiger partial charge in [0, 0.05) is 12.1 Å². The summed E-state index contributed by atoms with van der Waals surface area (Å²) in [5.74, 6) is 0. The maximum Gasteiger partial charge on any atom is 0.315 e. The average Bonchev–Trinajstić information content (AvgIpc) is 2.96. The lowest BCUT2D eigenvalue weighted by atomic mass is 10.0. The first kappa shape index (κ1) is 16.1. The molecule has 0 aliphatic carbocycles. The molecule has 1 heterocycles. The zero-order valence-electron chi connectivity index (χ0n) is 13.8. The van der Waals surface area contributed by atoms with E-state index in [4.69, 9.17) is 4.84 Å². The third-order valence-electron chi connectivity index (χ3n) is 4.14. The summed E-state index contributed by atoms with van der Waals surface area (Å²) in [5, 5.41) is 9.99. The van der Waals surface area contributed by atoms with Crippen molar-refractivity contribution in [2.24, 2.45) is 5.16 Å². The molecule has 3 rings (SSSR count). The van der Waals surface area contributed by atoms with Crippen LogP contribution < -0.4 is 10.6 Å². The molecule has 5 heteroatoms. The van der Waals surface area contributed by atoms with E-state index in [-0.39, 0.29) is 18.2 Å². The van der Waals surface area contributed by atoms with Gasteiger partial charge in [-0.2, -0.15) is 0 Å². The summed E-state index contributed by atoms with van der Waals surface area (Å²) in [6.07, 6.45) is -0.204. The standard InChI is InChI=1S/C19H21N3O2/c1-13-8-6-7-11-16(13)12-20-19(23)21-17-14(2)24-22-18(17)15-9-4-3-5-10-15/h3-11,14,17H,12H2,1-2H3,(H2,20,21,23). The Morgan fingerprint density at radius 3 is 2.58 bits per heavy atom. The third-order valence-corrected chi connectivity index (χ3v) is 4.14. The lowest BCUT2D eigenvalue weighted by Crippen LogP contribution is -2.49. The molecule has 0 aromatic heterocycles. The number of oxime groups is 1. The van der Waals surface area contributed by atoms with Gasteiger partial charge in [-0.25, -0.2) is 4.79 Å². The van der Waals surface area contributed by atoms with Gasteiger partial charge in [0.15, 0.2) is 6.10 Å². The van der Waals surface area contributed by atoms with Crippen molar-refractivity contribution >= 4 is 11.7 Å². The minimum atomic E-state index is -0.274. The highest BCUT2D eigenvalue weighted by atomic mass is 16.6. The van der Waals surface area contributed by atoms with Crippen LogP contribution in [-0.2, 0) is 11.4 Å². The molecule has 5 nitrogen and oxygen atoms in total. The van der Waals surface area contributed by atoms with Crippen molar-refractivity contribution in [2.75, 3.05) is 0 Å². The minimum absolute atomic E-state index is 0.204. The fourth-order valence-corrected chi connectivity index (χ4v) is 2.68. The minimum Gasteiger partial charge on any atom is -0.390 e. The molecule has 0 fully saturated rings. The second kappa shape index (κ2) is 7.17. The number of aryl methyl sites for hydroxylation is 1. The Hall–Kier alpha value is -2.82. The second-order valence-electron chi connectivity index (χ2n) is 5.88. The number of nitrogens with one attached hydrogen (secondary N) is 2. The number of carbonyl (C=O) groups is 1. The maximum atomic E-state index is 12.3. The Balaban J connectivity index is 1.63. The summed E-state index contributed by atoms with van der Waals surface area (Å²) in [7, 11) is 0. The lowest BCUT2D eigenvalue weighted by Gasteiger charge is -2.18. The van der Waals surface area contributed by atoms with Crippen LogP contribution in [0, 0.1) is 6.92 Å². The molecule has 124 valence electrons. The van der Waals surface area contributed by atoms with Gasteiger partial charge in [0.2, 0.25) is 0 Å². The molecule has 2 unspecified atom stereocenters. The number of benzene rings is 2. The summed E-state index contributed by atoms with van der Waals surface area (Å²) in [5.41, 5.74) is 3.95. The van der Waals surface area contributed by atoms with Crippen molar-refractivity contribution in [3.8, 4) is 0 Å². The van der Waals surface area contributed by atoms with Crippen molar-refractivity contribution in [1.29, 1.82) is 0 Å². The van der Waals surface area contributed by atoms with E-state index in [1.807, 2.05) is 68.4 Å². The summed E-state index contributed by atoms with van der Waals surface area (Å²) in [6, 6.07) is 17.2. The predicted molar refractivity (Wildman–Crippen MR) is 93.9 cm³/mol. The summed E-state index contributed by atoms with van der Waals surface area (Å²) in [6.45, 7) is 4.41. The topological polar surface area (TPSA) is 62.7 Å². The van der Waals surface area contributed by atoms with Gasteiger partial charge in [0.1, 0.15) is 11.8 Å². The molecule has 24 heavy (non-hydrogen) atoms. The Labute approximate surface area is 141 Å². The number of amides is 2. The third kappa shape index (κ3) is 3.56. The first-order chi connectivity index (χ1) is 11.6. The average molecular weight is 323 g/mol. The first-order valence-corrected chi connectivity index (χ1v) is 8.03. The van der Waals surface area contributed by atoms with Crippen molar-refractivity contribution in [3.63, 3.8) is 0 Å². The Bertz CT molecular complexity index is 743. The van der Waals surface area contributed by atoms with Gasteiger partial charge in [-0.3, -0.25) is 0 Å². The smallest absolute Gasteiger partial charge is 0.315 e. The Kier molecular flexibility index (Phi) is 4.79. The van der Waals surface area contributed by atoms with E-state index in [1.54, 1.807) is 0 Å². The maximum absolute atomic E-state index is 12.3. The molecule has 0 bridgehead atoms. The van der Waals surface area contributed by atoms with Crippen LogP contribution in [0.3, 0.4) is 0 Å². The number of hydrogen-bond acceptors (Lipinski definition) is 3. The van der Waals surface area contributed by atoms with Crippen molar-refractivity contribution in [3.05, 3.63) is 71.3 Å². The molecule has 0 saturated carbocycles. The van der Waals surface area contributed by atoms with Crippen molar-refractivity contribution < 1.29 is 9.63 Å². The molecule has 2 N–H and O–H groups in total. The van der Waals surface area contributed by atoms with E-state index < -0.39 is 0 Å². The van der Waals surface area contributed by atoms with Crippen molar-refractivity contribution in [2.45, 2.75) is 32.5 Å². The molecule has 1 aliphatic heterocycles. The molecule has 0 spiro atoms. The predicted octanol–water partition coefficient (Wildman–Crippen LogP) is 2.99. The normalized spacial score (nSPS) is 19.3. The van der Waals surface area contributed by atoms with Crippen LogP contribution in [-0.4, -0.2) is 23.9 Å². The molecule has 2 atom stereocenters. The molecule has 2 aromatic carbocycles. The van der Waals surface area contributed by atoms with E-state index in [2.05, 4.69) is 15.8 Å². The lowest BCUT2D eigenvalue weighted by molar-refractivity contribution is 0.0861. The number of rotatable bonds is 4. The van der Waals surface area contributed by atoms with Gasteiger partial charge in [0.05, 0.1) is 0 Å². The van der Waals surface area contributed by atoms with Gasteiger partial charge >= 0.3 is 6.03 Å². The van der Waals surface area contributed by atoms with E-state index >= 15 is 0 Å². The number of nitrogens with zero attached hydrogens (tertiary/aromatic N) is 1. The zero-order chi connectivity index (χ0) is 16.9. The van der Waals surface area contributed by atoms with Crippen LogP contribution in [0.4, 0.5) is 4.79 Å². The number of hydrogen-bond donors (Lipinski definition) is 2. The molecule has 2 amide bonds. The van der Waals surface area contributed by atoms with Crippen LogP contribution in [0.1, 0.15) is 23.6 Å². The van der Waals surface area contributed by atoms with Crippen LogP contribution in [0.15, 0.2) is 59.8 Å². The Morgan fingerprint density at radius 1 is 1.12 bits per heavy atom. The van der Waals surface area contributed by atoms with Gasteiger partial charge < -0.3 is 15.5 Å². The largest absolute Gasteiger partial charge is 0.390 e. The van der Waals surface area contributed by atoms with E-state index in [0.717, 1.165) is 22.4 Å². The van der Waals surface area contributed by atoms with E-state index in [0.29, 0.717) is 6.54 Å². The second-order valence-corrected chi connectivity index (χ2v) is 5.88. The van der Waals surface area contributed by atoms with Gasteiger partial charge in [-0.05, 0) is 25.0 Å². The monoisotopic (exact) mass is 323 g/mol. The highest BCUT2D eigenvalue weighted by Gasteiger charge is 2.33. The van der Waals surface area contributed by atoms with E-state index in [1.165, 1.54) is 0 Å². The molecular formula is C19H21N3O2. The number of carbonyl (C=O) groups excluding carboxylic acids is 1. The fourth-order valence-electron chi connectivity index (χ4n) is 2.68. The zero-order valence-corrected chi connectivity index (χ0v) is 13.8. The quantitative estimate of drug-likeness (QED) is 0.908. The van der Waals surface area contributed by atoms with Crippen LogP contribution in [0.25, 0.3) is 0 Å². The fraction of sp³-hybridized carbons (Fsp3) is 0.263. The first-order valence-electron chi connectivity index (χ1n) is 8.03. The molecule has 1 aliphatic rings. The SMILES string of the molecule is Cc1ccccc1CNC(=O)NC1C(c2ccccc2)=NOC1C. The highest BCUT2D eigenvalue weighted by molar-refractivity contribution is 6.06. The summed E-state index contributed by atoms with van der Waals surface area (Å²) >= 11 is 0. The molecular weight excluding hydrogens is 302 g/mol. The highest BCUT2D eigenvalue weighted by Crippen LogP contribution is 2.17. The summed E-state index contributed by atoms with van der Waals surface area (Å²) < 4.78 is 0. The van der Waals surface area contributed by atoms with Crippen LogP contribution in [0.5, 0.6) is 0 Å². The Morgan fingerprint density at radius 2 is 1.83 bits per heavy atom. The number of urea groups is 1. The van der Waals surface area contributed by atoms with Crippen LogP contribution in [0.2, 0.25) is 0 Å². The molecule has 0 radical (unpaired) electrons. The molecule has 2 aromatic rings. The van der Waals surface area contributed by atoms with Crippen LogP contribution >= 0.6 is 0 Å². The van der Waals surface area contributed by atoms with Gasteiger partial charge in [0.25, 0.3) is 0 Å². The van der Waals surface area contributed by atoms with Gasteiger partial charge in [-0.15, -0.1) is 0 Å². The summed E-state index contributed by atoms with van der Waals surface area (Å²) in [4.78, 5) is 17.6.